The van der Waals surface area contributed by atoms with E-state index in [2.05, 4.69) is 0 Å². The van der Waals surface area contributed by atoms with E-state index in [0.717, 1.165) is 0 Å². The second kappa shape index (κ2) is 9.11. The van der Waals surface area contributed by atoms with Gasteiger partial charge >= 0.3 is 0 Å². The molecule has 0 radical (unpaired) electrons. The summed E-state index contributed by atoms with van der Waals surface area (Å²) >= 11 is 11.8. The van der Waals surface area contributed by atoms with Gasteiger partial charge in [0, 0.05) is 36.2 Å². The molecular weight excluding hydrogens is 479 g/mol. The highest BCUT2D eigenvalue weighted by Gasteiger charge is 2.46. The van der Waals surface area contributed by atoms with Gasteiger partial charge in [0.15, 0.2) is 0 Å². The third-order valence-electron chi connectivity index (χ3n) is 6.65. The second-order valence-corrected chi connectivity index (χ2v) is 9.47. The van der Waals surface area contributed by atoms with Crippen LogP contribution in [0.15, 0.2) is 48.5 Å². The van der Waals surface area contributed by atoms with Crippen LogP contribution in [0.3, 0.4) is 0 Å². The van der Waals surface area contributed by atoms with E-state index in [0.29, 0.717) is 47.6 Å². The first-order chi connectivity index (χ1) is 16.3. The molecule has 3 aliphatic rings. The van der Waals surface area contributed by atoms with Gasteiger partial charge in [-0.2, -0.15) is 0 Å². The average Bonchev–Trinajstić information content (AvgIpc) is 3.29. The lowest BCUT2D eigenvalue weighted by Gasteiger charge is -2.38. The van der Waals surface area contributed by atoms with Gasteiger partial charge in [0.05, 0.1) is 36.3 Å². The number of carbonyl (C=O) groups is 4. The van der Waals surface area contributed by atoms with E-state index in [1.165, 1.54) is 9.80 Å². The van der Waals surface area contributed by atoms with Gasteiger partial charge < -0.3 is 0 Å². The van der Waals surface area contributed by atoms with Crippen LogP contribution in [0.4, 0.5) is 11.4 Å². The van der Waals surface area contributed by atoms with Gasteiger partial charge in [-0.05, 0) is 48.5 Å². The maximum atomic E-state index is 13.1. The molecule has 0 unspecified atom stereocenters. The zero-order chi connectivity index (χ0) is 24.0. The number of benzene rings is 2. The molecule has 0 aromatic heterocycles. The number of nitrogens with zero attached hydrogens (tertiary/aromatic N) is 4. The van der Waals surface area contributed by atoms with Crippen LogP contribution < -0.4 is 9.80 Å². The predicted octanol–water partition coefficient (Wildman–Crippen LogP) is 2.58. The van der Waals surface area contributed by atoms with E-state index >= 15 is 0 Å². The van der Waals surface area contributed by atoms with Crippen LogP contribution in [0.2, 0.25) is 10.0 Å². The summed E-state index contributed by atoms with van der Waals surface area (Å²) in [5, 5.41) is 1.06. The molecule has 2 aromatic carbocycles. The first-order valence-electron chi connectivity index (χ1n) is 11.1. The van der Waals surface area contributed by atoms with Crippen LogP contribution in [0.1, 0.15) is 12.8 Å². The first kappa shape index (κ1) is 23.0. The summed E-state index contributed by atoms with van der Waals surface area (Å²) in [6.07, 6.45) is 0.235. The van der Waals surface area contributed by atoms with Crippen LogP contribution in [-0.2, 0) is 19.2 Å². The quantitative estimate of drug-likeness (QED) is 0.600. The summed E-state index contributed by atoms with van der Waals surface area (Å²) in [6.45, 7) is 2.10. The van der Waals surface area contributed by atoms with Gasteiger partial charge in [-0.1, -0.05) is 23.2 Å². The summed E-state index contributed by atoms with van der Waals surface area (Å²) in [5.74, 6) is -0.978. The van der Waals surface area contributed by atoms with Gasteiger partial charge in [0.2, 0.25) is 11.8 Å². The molecule has 4 amide bonds. The van der Waals surface area contributed by atoms with E-state index in [1.54, 1.807) is 48.5 Å². The Morgan fingerprint density at radius 3 is 1.21 bits per heavy atom. The van der Waals surface area contributed by atoms with Gasteiger partial charge in [0.1, 0.15) is 0 Å². The van der Waals surface area contributed by atoms with Crippen molar-refractivity contribution >= 4 is 58.2 Å². The fourth-order valence-corrected chi connectivity index (χ4v) is 5.14. The molecule has 3 heterocycles. The van der Waals surface area contributed by atoms with Crippen LogP contribution >= 0.6 is 23.2 Å². The zero-order valence-electron chi connectivity index (χ0n) is 18.2. The average molecular weight is 501 g/mol. The van der Waals surface area contributed by atoms with Crippen LogP contribution in [-0.4, -0.2) is 71.7 Å². The molecule has 34 heavy (non-hydrogen) atoms. The number of hydrogen-bond acceptors (Lipinski definition) is 6. The van der Waals surface area contributed by atoms with Gasteiger partial charge in [-0.15, -0.1) is 0 Å². The number of carbonyl (C=O) groups excluding carboxylic acids is 4. The van der Waals surface area contributed by atoms with Crippen molar-refractivity contribution < 1.29 is 19.2 Å². The molecule has 5 rings (SSSR count). The van der Waals surface area contributed by atoms with Crippen molar-refractivity contribution in [3.8, 4) is 0 Å². The number of amides is 4. The number of halogens is 2. The Hall–Kier alpha value is -2.78. The van der Waals surface area contributed by atoms with Crippen LogP contribution in [0, 0.1) is 0 Å². The maximum absolute atomic E-state index is 13.1. The monoisotopic (exact) mass is 500 g/mol. The van der Waals surface area contributed by atoms with E-state index in [4.69, 9.17) is 23.2 Å². The Morgan fingerprint density at radius 2 is 0.882 bits per heavy atom. The third-order valence-corrected chi connectivity index (χ3v) is 7.15. The summed E-state index contributed by atoms with van der Waals surface area (Å²) in [6, 6.07) is 12.2. The maximum Gasteiger partial charge on any atom is 0.251 e. The third kappa shape index (κ3) is 4.11. The first-order valence-corrected chi connectivity index (χ1v) is 11.8. The standard InChI is InChI=1S/C24H22Cl2N4O4/c25-15-1-5-17(6-2-15)29-21(31)13-19(23(29)33)27-9-11-28(12-10-27)20-14-22(32)30(24(20)34)18-7-3-16(26)4-8-18/h1-8,19-20H,9-14H2/t19-,20-/m0/s1. The molecule has 0 N–H and O–H groups in total. The second-order valence-electron chi connectivity index (χ2n) is 8.60. The molecule has 2 aromatic rings. The van der Waals surface area contributed by atoms with Crippen molar-refractivity contribution in [1.29, 1.82) is 0 Å². The minimum atomic E-state index is -0.531. The summed E-state index contributed by atoms with van der Waals surface area (Å²) in [7, 11) is 0. The van der Waals surface area contributed by atoms with E-state index in [9.17, 15) is 19.2 Å². The minimum absolute atomic E-state index is 0.118. The van der Waals surface area contributed by atoms with E-state index < -0.39 is 12.1 Å². The molecule has 176 valence electrons. The Bertz CT molecular complexity index is 1060. The lowest BCUT2D eigenvalue weighted by molar-refractivity contribution is -0.126. The lowest BCUT2D eigenvalue weighted by Crippen LogP contribution is -2.56. The number of rotatable bonds is 4. The topological polar surface area (TPSA) is 81.2 Å². The summed E-state index contributed by atoms with van der Waals surface area (Å²) in [4.78, 5) is 57.8. The Kier molecular flexibility index (Phi) is 6.16. The molecule has 0 aliphatic carbocycles. The molecule has 0 spiro atoms. The lowest BCUT2D eigenvalue weighted by atomic mass is 10.1. The van der Waals surface area contributed by atoms with Gasteiger partial charge in [-0.3, -0.25) is 29.0 Å². The minimum Gasteiger partial charge on any atom is -0.289 e. The largest absolute Gasteiger partial charge is 0.289 e. The Balaban J connectivity index is 1.23. The predicted molar refractivity (Wildman–Crippen MR) is 128 cm³/mol. The normalized spacial score (nSPS) is 24.5. The molecule has 8 nitrogen and oxygen atoms in total. The molecule has 3 fully saturated rings. The van der Waals surface area contributed by atoms with Crippen molar-refractivity contribution in [3.05, 3.63) is 58.6 Å². The Morgan fingerprint density at radius 1 is 0.559 bits per heavy atom. The van der Waals surface area contributed by atoms with Gasteiger partial charge in [-0.25, -0.2) is 9.80 Å². The Labute approximate surface area is 206 Å². The summed E-state index contributed by atoms with van der Waals surface area (Å²) in [5.41, 5.74) is 1.02. The molecule has 3 aliphatic heterocycles. The molecule has 0 bridgehead atoms. The molecule has 3 saturated heterocycles. The van der Waals surface area contributed by atoms with Crippen LogP contribution in [0.5, 0.6) is 0 Å². The zero-order valence-corrected chi connectivity index (χ0v) is 19.7. The number of anilines is 2. The van der Waals surface area contributed by atoms with E-state index in [1.807, 2.05) is 9.80 Å². The number of imide groups is 2. The van der Waals surface area contributed by atoms with Crippen LogP contribution in [0.25, 0.3) is 0 Å². The van der Waals surface area contributed by atoms with Crippen molar-refractivity contribution in [2.45, 2.75) is 24.9 Å². The molecular formula is C24H22Cl2N4O4. The van der Waals surface area contributed by atoms with E-state index in [-0.39, 0.29) is 36.5 Å². The molecule has 10 heteroatoms. The number of piperazine rings is 1. The molecule has 2 atom stereocenters. The fourth-order valence-electron chi connectivity index (χ4n) is 4.89. The SMILES string of the molecule is O=C1C[C@H](N2CCN([C@H]3CC(=O)N(c4ccc(Cl)cc4)C3=O)CC2)C(=O)N1c1ccc(Cl)cc1. The highest BCUT2D eigenvalue weighted by Crippen LogP contribution is 2.30. The van der Waals surface area contributed by atoms with Crippen molar-refractivity contribution in [3.63, 3.8) is 0 Å². The van der Waals surface area contributed by atoms with Gasteiger partial charge in [0.25, 0.3) is 11.8 Å². The van der Waals surface area contributed by atoms with Crippen molar-refractivity contribution in [1.82, 2.24) is 9.80 Å². The molecule has 0 saturated carbocycles. The van der Waals surface area contributed by atoms with Crippen molar-refractivity contribution in [2.24, 2.45) is 0 Å². The fraction of sp³-hybridized carbons (Fsp3) is 0.333. The highest BCUT2D eigenvalue weighted by atomic mass is 35.5. The number of hydrogen-bond donors (Lipinski definition) is 0. The smallest absolute Gasteiger partial charge is 0.251 e. The van der Waals surface area contributed by atoms with Crippen molar-refractivity contribution in [2.75, 3.05) is 36.0 Å². The highest BCUT2D eigenvalue weighted by molar-refractivity contribution is 6.31. The summed E-state index contributed by atoms with van der Waals surface area (Å²) < 4.78 is 0.